The molecule has 5 aromatic heterocycles. The first-order chi connectivity index (χ1) is 29.3. The number of rotatable bonds is 3. The van der Waals surface area contributed by atoms with Gasteiger partial charge < -0.3 is 13.4 Å². The highest BCUT2D eigenvalue weighted by molar-refractivity contribution is 8.00. The average Bonchev–Trinajstić information content (AvgIpc) is 4.09. The normalized spacial score (nSPS) is 16.3. The van der Waals surface area contributed by atoms with Crippen LogP contribution in [0.15, 0.2) is 165 Å². The molecule has 0 amide bonds. The molecule has 1 aliphatic carbocycles. The predicted octanol–water partition coefficient (Wildman–Crippen LogP) is 13.6. The van der Waals surface area contributed by atoms with Crippen molar-refractivity contribution in [1.29, 1.82) is 0 Å². The van der Waals surface area contributed by atoms with E-state index in [0.717, 1.165) is 66.3 Å². The molecule has 0 N–H and O–H groups in total. The van der Waals surface area contributed by atoms with Crippen molar-refractivity contribution in [2.24, 2.45) is 0 Å². The van der Waals surface area contributed by atoms with Crippen molar-refractivity contribution in [2.75, 3.05) is 0 Å². The number of hydrogen-bond acceptors (Lipinski definition) is 5. The zero-order valence-electron chi connectivity index (χ0n) is 31.2. The van der Waals surface area contributed by atoms with Gasteiger partial charge in [0.25, 0.3) is 0 Å². The third kappa shape index (κ3) is 3.76. The number of furan rings is 2. The second-order valence-electron chi connectivity index (χ2n) is 15.9. The van der Waals surface area contributed by atoms with Crippen LogP contribution in [0.2, 0.25) is 0 Å². The van der Waals surface area contributed by atoms with E-state index in [1.807, 2.05) is 36.0 Å². The van der Waals surface area contributed by atoms with Crippen molar-refractivity contribution in [2.45, 2.75) is 16.1 Å². The summed E-state index contributed by atoms with van der Waals surface area (Å²) in [7, 11) is 0. The molecule has 12 aromatic rings. The molecule has 0 bridgehead atoms. The zero-order chi connectivity index (χ0) is 38.1. The van der Waals surface area contributed by atoms with Crippen molar-refractivity contribution < 1.29 is 8.83 Å². The second-order valence-corrected chi connectivity index (χ2v) is 17.2. The molecule has 2 aliphatic heterocycles. The van der Waals surface area contributed by atoms with Gasteiger partial charge in [0, 0.05) is 59.5 Å². The lowest BCUT2D eigenvalue weighted by Gasteiger charge is -2.22. The lowest BCUT2D eigenvalue weighted by molar-refractivity contribution is 0.662. The minimum absolute atomic E-state index is 0.190. The maximum absolute atomic E-state index is 6.97. The molecule has 6 nitrogen and oxygen atoms in total. The van der Waals surface area contributed by atoms with Crippen LogP contribution in [-0.4, -0.2) is 24.4 Å². The summed E-state index contributed by atoms with van der Waals surface area (Å²) in [6, 6.07) is 51.6. The van der Waals surface area contributed by atoms with Crippen LogP contribution >= 0.6 is 11.8 Å². The average molecular weight is 773 g/mol. The zero-order valence-corrected chi connectivity index (χ0v) is 32.0. The largest absolute Gasteiger partial charge is 0.455 e. The van der Waals surface area contributed by atoms with E-state index in [1.165, 1.54) is 48.9 Å². The number of nitrogens with zero attached hydrogens (tertiary/aromatic N) is 4. The van der Waals surface area contributed by atoms with E-state index in [-0.39, 0.29) is 5.92 Å². The monoisotopic (exact) mass is 772 g/mol. The summed E-state index contributed by atoms with van der Waals surface area (Å²) in [5.41, 5.74) is 16.3. The van der Waals surface area contributed by atoms with E-state index in [0.29, 0.717) is 22.5 Å². The quantitative estimate of drug-likeness (QED) is 0.179. The minimum atomic E-state index is 0.190. The van der Waals surface area contributed by atoms with Gasteiger partial charge in [-0.15, -0.1) is 11.8 Å². The van der Waals surface area contributed by atoms with Gasteiger partial charge in [-0.3, -0.25) is 4.57 Å². The number of benzene rings is 7. The van der Waals surface area contributed by atoms with E-state index in [4.69, 9.17) is 18.8 Å². The fourth-order valence-corrected chi connectivity index (χ4v) is 12.1. The van der Waals surface area contributed by atoms with Gasteiger partial charge in [-0.2, -0.15) is 0 Å². The molecule has 0 radical (unpaired) electrons. The highest BCUT2D eigenvalue weighted by Crippen LogP contribution is 2.59. The lowest BCUT2D eigenvalue weighted by Crippen LogP contribution is -2.15. The summed E-state index contributed by atoms with van der Waals surface area (Å²) in [5, 5.41) is 7.19. The topological polar surface area (TPSA) is 61.9 Å². The summed E-state index contributed by atoms with van der Waals surface area (Å²) in [4.78, 5) is 12.4. The van der Waals surface area contributed by atoms with Crippen LogP contribution in [-0.2, 0) is 0 Å². The lowest BCUT2D eigenvalue weighted by atomic mass is 9.83. The molecule has 3 aliphatic rings. The third-order valence-electron chi connectivity index (χ3n) is 13.1. The Bertz CT molecular complexity index is 3900. The molecule has 2 unspecified atom stereocenters. The third-order valence-corrected chi connectivity index (χ3v) is 14.4. The Morgan fingerprint density at radius 1 is 0.542 bits per heavy atom. The van der Waals surface area contributed by atoms with E-state index < -0.39 is 0 Å². The maximum Gasteiger partial charge on any atom is 0.236 e. The predicted molar refractivity (Wildman–Crippen MR) is 239 cm³/mol. The SMILES string of the molecule is C1=CC2Sc3ccc4c5ccccc5n5c4c3C2c2c1n(-c1nc(-c3cccc4c3oc3c(-c6ccccc6)cccc34)c3oc4ccccc4c3n1)c1cccc-5c21. The molecule has 59 heavy (non-hydrogen) atoms. The summed E-state index contributed by atoms with van der Waals surface area (Å²) < 4.78 is 18.5. The number of thioether (sulfide) groups is 1. The Hall–Kier alpha value is -7.35. The van der Waals surface area contributed by atoms with Crippen LogP contribution in [0.1, 0.15) is 22.7 Å². The van der Waals surface area contributed by atoms with Gasteiger partial charge in [0.1, 0.15) is 28.0 Å². The van der Waals surface area contributed by atoms with E-state index in [1.54, 1.807) is 0 Å². The van der Waals surface area contributed by atoms with Crippen LogP contribution in [0.5, 0.6) is 0 Å². The van der Waals surface area contributed by atoms with Crippen LogP contribution in [0.4, 0.5) is 0 Å². The molecule has 0 spiro atoms. The van der Waals surface area contributed by atoms with Crippen LogP contribution in [0.3, 0.4) is 0 Å². The highest BCUT2D eigenvalue weighted by Gasteiger charge is 2.44. The van der Waals surface area contributed by atoms with Crippen LogP contribution < -0.4 is 0 Å². The van der Waals surface area contributed by atoms with Crippen molar-refractivity contribution in [3.63, 3.8) is 0 Å². The molecule has 7 aromatic carbocycles. The first-order valence-corrected chi connectivity index (χ1v) is 20.9. The molecule has 15 rings (SSSR count). The van der Waals surface area contributed by atoms with Gasteiger partial charge in [-0.1, -0.05) is 109 Å². The fraction of sp³-hybridized carbons (Fsp3) is 0.0385. The molecule has 2 atom stereocenters. The van der Waals surface area contributed by atoms with E-state index in [2.05, 4.69) is 143 Å². The summed E-state index contributed by atoms with van der Waals surface area (Å²) >= 11 is 1.99. The number of para-hydroxylation sites is 4. The highest BCUT2D eigenvalue weighted by atomic mass is 32.2. The Morgan fingerprint density at radius 3 is 2.19 bits per heavy atom. The molecule has 274 valence electrons. The van der Waals surface area contributed by atoms with Crippen molar-refractivity contribution >= 4 is 94.6 Å². The summed E-state index contributed by atoms with van der Waals surface area (Å²) in [5.74, 6) is 0.793. The fourth-order valence-electron chi connectivity index (χ4n) is 10.7. The molecular weight excluding hydrogens is 745 g/mol. The van der Waals surface area contributed by atoms with Crippen LogP contribution in [0.25, 0.3) is 117 Å². The maximum atomic E-state index is 6.97. The van der Waals surface area contributed by atoms with Gasteiger partial charge in [0.05, 0.1) is 27.9 Å². The number of hydrogen-bond donors (Lipinski definition) is 0. The Morgan fingerprint density at radius 2 is 1.29 bits per heavy atom. The molecule has 0 fully saturated rings. The Balaban J connectivity index is 1.06. The second kappa shape index (κ2) is 10.8. The standard InChI is InChI=1S/C52H28N4O2S/c1-2-11-27(12-3-1)28-15-8-16-31-32-17-9-18-34(50(32)58-49(28)31)47-51-46(33-14-5-7-22-39(33)57-51)53-52(54-47)56-37-21-10-20-36-42(37)43-38(56)24-26-40-44(43)45-41(59-40)25-23-30-29-13-4-6-19-35(29)55(36)48(30)45/h1-26,40,44H. The minimum Gasteiger partial charge on any atom is -0.455 e. The number of aromatic nitrogens is 4. The summed E-state index contributed by atoms with van der Waals surface area (Å²) in [6.07, 6.45) is 4.73. The summed E-state index contributed by atoms with van der Waals surface area (Å²) in [6.45, 7) is 0. The molecule has 0 saturated carbocycles. The van der Waals surface area contributed by atoms with Gasteiger partial charge in [-0.05, 0) is 65.2 Å². The molecule has 0 saturated heterocycles. The Kier molecular flexibility index (Phi) is 5.61. The van der Waals surface area contributed by atoms with Crippen molar-refractivity contribution in [1.82, 2.24) is 19.1 Å². The van der Waals surface area contributed by atoms with E-state index in [9.17, 15) is 0 Å². The first kappa shape index (κ1) is 30.7. The number of fused-ring (bicyclic) bond motifs is 10. The Labute approximate surface area is 339 Å². The molecule has 7 heteroatoms. The van der Waals surface area contributed by atoms with Crippen LogP contribution in [0, 0.1) is 0 Å². The van der Waals surface area contributed by atoms with E-state index >= 15 is 0 Å². The van der Waals surface area contributed by atoms with Gasteiger partial charge in [0.2, 0.25) is 5.95 Å². The van der Waals surface area contributed by atoms with Crippen molar-refractivity contribution in [3.05, 3.63) is 168 Å². The smallest absolute Gasteiger partial charge is 0.236 e. The molecule has 7 heterocycles. The van der Waals surface area contributed by atoms with Crippen molar-refractivity contribution in [3.8, 4) is 34.0 Å². The first-order valence-electron chi connectivity index (χ1n) is 20.1. The molecular formula is C52H28N4O2S. The van der Waals surface area contributed by atoms with Gasteiger partial charge in [-0.25, -0.2) is 9.97 Å². The van der Waals surface area contributed by atoms with Gasteiger partial charge in [0.15, 0.2) is 5.58 Å². The van der Waals surface area contributed by atoms with Gasteiger partial charge >= 0.3 is 0 Å².